The molecule has 0 radical (unpaired) electrons. The monoisotopic (exact) mass is 450 g/mol. The Balaban J connectivity index is 1.55. The van der Waals surface area contributed by atoms with E-state index in [4.69, 9.17) is 21.1 Å². The molecule has 1 heterocycles. The maximum Gasteiger partial charge on any atom is 0.251 e. The first-order chi connectivity index (χ1) is 15.6. The van der Waals surface area contributed by atoms with Crippen LogP contribution in [0.4, 0.5) is 5.69 Å². The normalized spacial score (nSPS) is 13.5. The van der Waals surface area contributed by atoms with Crippen LogP contribution < -0.4 is 20.1 Å². The number of ether oxygens (including phenoxy) is 2. The molecule has 0 fully saturated rings. The maximum absolute atomic E-state index is 13.2. The van der Waals surface area contributed by atoms with Crippen molar-refractivity contribution in [3.05, 3.63) is 88.9 Å². The van der Waals surface area contributed by atoms with Crippen molar-refractivity contribution < 1.29 is 19.1 Å². The Bertz CT molecular complexity index is 1090. The lowest BCUT2D eigenvalue weighted by atomic mass is 10.0. The van der Waals surface area contributed by atoms with E-state index in [1.54, 1.807) is 36.4 Å². The van der Waals surface area contributed by atoms with E-state index in [0.717, 1.165) is 12.0 Å². The Labute approximate surface area is 191 Å². The molecule has 6 nitrogen and oxygen atoms in total. The molecule has 1 aliphatic rings. The molecule has 0 saturated carbocycles. The zero-order chi connectivity index (χ0) is 22.3. The fourth-order valence-corrected chi connectivity index (χ4v) is 3.59. The van der Waals surface area contributed by atoms with Crippen molar-refractivity contribution in [2.75, 3.05) is 18.5 Å². The van der Waals surface area contributed by atoms with Crippen molar-refractivity contribution in [2.24, 2.45) is 0 Å². The van der Waals surface area contributed by atoms with Crippen molar-refractivity contribution >= 4 is 29.1 Å². The largest absolute Gasteiger partial charge is 0.490 e. The Morgan fingerprint density at radius 1 is 0.906 bits per heavy atom. The summed E-state index contributed by atoms with van der Waals surface area (Å²) in [5, 5.41) is 6.01. The number of carbonyl (C=O) groups is 2. The van der Waals surface area contributed by atoms with E-state index in [1.165, 1.54) is 0 Å². The summed E-state index contributed by atoms with van der Waals surface area (Å²) in [6.45, 7) is 1.06. The number of fused-ring (bicyclic) bond motifs is 1. The SMILES string of the molecule is O=C(NC(Cc1ccccc1)C(=O)Nc1cc2c(cc1Cl)OCCCO2)c1ccccc1. The number of anilines is 1. The molecule has 0 aliphatic carbocycles. The minimum atomic E-state index is -0.808. The van der Waals surface area contributed by atoms with Gasteiger partial charge in [0.15, 0.2) is 11.5 Å². The van der Waals surface area contributed by atoms with Crippen LogP contribution in [-0.2, 0) is 11.2 Å². The molecule has 32 heavy (non-hydrogen) atoms. The van der Waals surface area contributed by atoms with Crippen molar-refractivity contribution in [3.63, 3.8) is 0 Å². The number of carbonyl (C=O) groups excluding carboxylic acids is 2. The third-order valence-corrected chi connectivity index (χ3v) is 5.35. The Kier molecular flexibility index (Phi) is 6.92. The molecule has 164 valence electrons. The van der Waals surface area contributed by atoms with Crippen LogP contribution in [0.15, 0.2) is 72.8 Å². The molecule has 0 bridgehead atoms. The van der Waals surface area contributed by atoms with E-state index in [1.807, 2.05) is 36.4 Å². The predicted molar refractivity (Wildman–Crippen MR) is 124 cm³/mol. The molecule has 3 aromatic carbocycles. The van der Waals surface area contributed by atoms with Crippen molar-refractivity contribution in [1.82, 2.24) is 5.32 Å². The minimum absolute atomic E-state index is 0.327. The van der Waals surface area contributed by atoms with Crippen LogP contribution in [0.2, 0.25) is 5.02 Å². The van der Waals surface area contributed by atoms with Crippen LogP contribution in [0, 0.1) is 0 Å². The fourth-order valence-electron chi connectivity index (χ4n) is 3.39. The molecule has 0 spiro atoms. The van der Waals surface area contributed by atoms with Gasteiger partial charge in [-0.2, -0.15) is 0 Å². The number of amides is 2. The van der Waals surface area contributed by atoms with E-state index in [9.17, 15) is 9.59 Å². The summed E-state index contributed by atoms with van der Waals surface area (Å²) in [7, 11) is 0. The zero-order valence-electron chi connectivity index (χ0n) is 17.3. The average molecular weight is 451 g/mol. The maximum atomic E-state index is 13.2. The second-order valence-electron chi connectivity index (χ2n) is 7.40. The van der Waals surface area contributed by atoms with E-state index < -0.39 is 6.04 Å². The third-order valence-electron chi connectivity index (χ3n) is 5.04. The highest BCUT2D eigenvalue weighted by molar-refractivity contribution is 6.34. The number of halogens is 1. The van der Waals surface area contributed by atoms with E-state index >= 15 is 0 Å². The van der Waals surface area contributed by atoms with Gasteiger partial charge in [0.1, 0.15) is 6.04 Å². The molecular formula is C25H23ClN2O4. The first-order valence-corrected chi connectivity index (χ1v) is 10.8. The molecule has 3 aromatic rings. The molecule has 4 rings (SSSR count). The molecule has 1 unspecified atom stereocenters. The fraction of sp³-hybridized carbons (Fsp3) is 0.200. The molecular weight excluding hydrogens is 428 g/mol. The van der Waals surface area contributed by atoms with Gasteiger partial charge in [0, 0.05) is 30.5 Å². The van der Waals surface area contributed by atoms with Gasteiger partial charge in [-0.3, -0.25) is 9.59 Å². The first kappa shape index (κ1) is 21.7. The molecule has 7 heteroatoms. The Morgan fingerprint density at radius 3 is 2.22 bits per heavy atom. The van der Waals surface area contributed by atoms with Gasteiger partial charge in [-0.05, 0) is 17.7 Å². The molecule has 1 aliphatic heterocycles. The summed E-state index contributed by atoms with van der Waals surface area (Å²) in [6.07, 6.45) is 1.09. The number of hydrogen-bond acceptors (Lipinski definition) is 4. The summed E-state index contributed by atoms with van der Waals surface area (Å²) in [5.41, 5.74) is 1.80. The molecule has 1 atom stereocenters. The van der Waals surface area contributed by atoms with Crippen LogP contribution in [0.1, 0.15) is 22.3 Å². The quantitative estimate of drug-likeness (QED) is 0.580. The summed E-state index contributed by atoms with van der Waals surface area (Å²) in [5.74, 6) is 0.361. The summed E-state index contributed by atoms with van der Waals surface area (Å²) in [6, 6.07) is 20.8. The van der Waals surface area contributed by atoms with Gasteiger partial charge in [0.2, 0.25) is 5.91 Å². The van der Waals surface area contributed by atoms with Gasteiger partial charge >= 0.3 is 0 Å². The van der Waals surface area contributed by atoms with Crippen LogP contribution in [-0.4, -0.2) is 31.1 Å². The van der Waals surface area contributed by atoms with E-state index in [-0.39, 0.29) is 11.8 Å². The molecule has 2 amide bonds. The molecule has 2 N–H and O–H groups in total. The van der Waals surface area contributed by atoms with Crippen LogP contribution in [0.25, 0.3) is 0 Å². The zero-order valence-corrected chi connectivity index (χ0v) is 18.1. The molecule has 0 aromatic heterocycles. The lowest BCUT2D eigenvalue weighted by molar-refractivity contribution is -0.118. The number of rotatable bonds is 6. The third kappa shape index (κ3) is 5.39. The van der Waals surface area contributed by atoms with E-state index in [0.29, 0.717) is 47.4 Å². The number of nitrogens with one attached hydrogen (secondary N) is 2. The highest BCUT2D eigenvalue weighted by Gasteiger charge is 2.24. The van der Waals surface area contributed by atoms with Gasteiger partial charge in [-0.25, -0.2) is 0 Å². The predicted octanol–water partition coefficient (Wildman–Crippen LogP) is 4.48. The first-order valence-electron chi connectivity index (χ1n) is 10.4. The Morgan fingerprint density at radius 2 is 1.53 bits per heavy atom. The standard InChI is InChI=1S/C25H23ClN2O4/c26-19-15-22-23(32-13-7-12-31-22)16-20(19)27-25(30)21(14-17-8-3-1-4-9-17)28-24(29)18-10-5-2-6-11-18/h1-6,8-11,15-16,21H,7,12-14H2,(H,27,30)(H,28,29). The lowest BCUT2D eigenvalue weighted by Crippen LogP contribution is -2.45. The minimum Gasteiger partial charge on any atom is -0.490 e. The van der Waals surface area contributed by atoms with Crippen LogP contribution in [0.3, 0.4) is 0 Å². The Hall–Kier alpha value is -3.51. The van der Waals surface area contributed by atoms with Gasteiger partial charge < -0.3 is 20.1 Å². The summed E-state index contributed by atoms with van der Waals surface area (Å²) >= 11 is 6.39. The van der Waals surface area contributed by atoms with Crippen molar-refractivity contribution in [1.29, 1.82) is 0 Å². The van der Waals surface area contributed by atoms with E-state index in [2.05, 4.69) is 10.6 Å². The number of benzene rings is 3. The average Bonchev–Trinajstić information content (AvgIpc) is 3.05. The van der Waals surface area contributed by atoms with Crippen LogP contribution in [0.5, 0.6) is 11.5 Å². The number of hydrogen-bond donors (Lipinski definition) is 2. The molecule has 0 saturated heterocycles. The van der Waals surface area contributed by atoms with Gasteiger partial charge in [0.25, 0.3) is 5.91 Å². The topological polar surface area (TPSA) is 76.7 Å². The van der Waals surface area contributed by atoms with Gasteiger partial charge in [-0.1, -0.05) is 60.1 Å². The highest BCUT2D eigenvalue weighted by atomic mass is 35.5. The second kappa shape index (κ2) is 10.2. The summed E-state index contributed by atoms with van der Waals surface area (Å²) < 4.78 is 11.3. The second-order valence-corrected chi connectivity index (χ2v) is 7.81. The van der Waals surface area contributed by atoms with Crippen molar-refractivity contribution in [3.8, 4) is 11.5 Å². The summed E-state index contributed by atoms with van der Waals surface area (Å²) in [4.78, 5) is 26.0. The lowest BCUT2D eigenvalue weighted by Gasteiger charge is -2.20. The van der Waals surface area contributed by atoms with Crippen LogP contribution >= 0.6 is 11.6 Å². The van der Waals surface area contributed by atoms with Crippen molar-refractivity contribution in [2.45, 2.75) is 18.9 Å². The van der Waals surface area contributed by atoms with Gasteiger partial charge in [-0.15, -0.1) is 0 Å². The smallest absolute Gasteiger partial charge is 0.251 e. The van der Waals surface area contributed by atoms with Gasteiger partial charge in [0.05, 0.1) is 23.9 Å². The highest BCUT2D eigenvalue weighted by Crippen LogP contribution is 2.37.